The lowest BCUT2D eigenvalue weighted by Gasteiger charge is -2.17. The summed E-state index contributed by atoms with van der Waals surface area (Å²) in [6.07, 6.45) is 0. The number of carbonyl (C=O) groups is 1. The van der Waals surface area contributed by atoms with Crippen LogP contribution < -0.4 is 5.32 Å². The second-order valence-electron chi connectivity index (χ2n) is 4.84. The summed E-state index contributed by atoms with van der Waals surface area (Å²) in [5.41, 5.74) is 1.07. The first-order chi connectivity index (χ1) is 8.90. The summed E-state index contributed by atoms with van der Waals surface area (Å²) in [5, 5.41) is 4.09. The Morgan fingerprint density at radius 2 is 1.95 bits per heavy atom. The minimum absolute atomic E-state index is 0.0752. The number of halogens is 2. The van der Waals surface area contributed by atoms with Crippen molar-refractivity contribution in [3.8, 4) is 0 Å². The van der Waals surface area contributed by atoms with E-state index in [4.69, 9.17) is 23.2 Å². The molecule has 1 amide bonds. The minimum Gasteiger partial charge on any atom is -0.353 e. The Kier molecular flexibility index (Phi) is 7.05. The average Bonchev–Trinajstić information content (AvgIpc) is 2.33. The van der Waals surface area contributed by atoms with Crippen molar-refractivity contribution in [3.63, 3.8) is 0 Å². The molecule has 0 bridgehead atoms. The van der Waals surface area contributed by atoms with Gasteiger partial charge in [0.2, 0.25) is 5.91 Å². The number of nitrogens with one attached hydrogen (secondary N) is 1. The predicted molar refractivity (Wildman–Crippen MR) is 85.1 cm³/mol. The lowest BCUT2D eigenvalue weighted by molar-refractivity contribution is -0.119. The maximum Gasteiger partial charge on any atom is 0.230 e. The van der Waals surface area contributed by atoms with Crippen molar-refractivity contribution >= 4 is 40.9 Å². The summed E-state index contributed by atoms with van der Waals surface area (Å²) in [4.78, 5) is 11.7. The van der Waals surface area contributed by atoms with Gasteiger partial charge in [0.1, 0.15) is 0 Å². The van der Waals surface area contributed by atoms with Crippen molar-refractivity contribution in [2.24, 2.45) is 5.92 Å². The molecule has 19 heavy (non-hydrogen) atoms. The Hall–Kier alpha value is -0.380. The molecule has 0 aliphatic heterocycles. The van der Waals surface area contributed by atoms with Crippen molar-refractivity contribution in [2.75, 3.05) is 5.75 Å². The van der Waals surface area contributed by atoms with Gasteiger partial charge >= 0.3 is 0 Å². The molecule has 0 radical (unpaired) electrons. The van der Waals surface area contributed by atoms with E-state index in [0.717, 1.165) is 11.3 Å². The van der Waals surface area contributed by atoms with Crippen LogP contribution in [0.25, 0.3) is 0 Å². The van der Waals surface area contributed by atoms with Gasteiger partial charge < -0.3 is 5.32 Å². The molecule has 0 saturated carbocycles. The van der Waals surface area contributed by atoms with Gasteiger partial charge in [-0.2, -0.15) is 0 Å². The van der Waals surface area contributed by atoms with Crippen molar-refractivity contribution in [1.82, 2.24) is 5.32 Å². The molecule has 1 N–H and O–H groups in total. The third-order valence-electron chi connectivity index (χ3n) is 2.87. The van der Waals surface area contributed by atoms with Crippen LogP contribution in [0.5, 0.6) is 0 Å². The fourth-order valence-corrected chi connectivity index (χ4v) is 2.46. The van der Waals surface area contributed by atoms with Gasteiger partial charge in [-0.3, -0.25) is 4.79 Å². The second kappa shape index (κ2) is 8.03. The van der Waals surface area contributed by atoms with Crippen LogP contribution in [0, 0.1) is 5.92 Å². The van der Waals surface area contributed by atoms with Crippen LogP contribution in [0.1, 0.15) is 26.3 Å². The first-order valence-electron chi connectivity index (χ1n) is 6.21. The van der Waals surface area contributed by atoms with E-state index < -0.39 is 0 Å². The number of amides is 1. The highest BCUT2D eigenvalue weighted by Crippen LogP contribution is 2.24. The van der Waals surface area contributed by atoms with Gasteiger partial charge in [-0.05, 0) is 30.5 Å². The molecule has 0 spiro atoms. The van der Waals surface area contributed by atoms with Crippen molar-refractivity contribution < 1.29 is 4.79 Å². The van der Waals surface area contributed by atoms with Gasteiger partial charge in [0, 0.05) is 11.8 Å². The summed E-state index contributed by atoms with van der Waals surface area (Å²) in [5.74, 6) is 1.73. The molecule has 0 unspecified atom stereocenters. The van der Waals surface area contributed by atoms with Gasteiger partial charge in [0.05, 0.1) is 15.8 Å². The Morgan fingerprint density at radius 3 is 2.53 bits per heavy atom. The minimum atomic E-state index is 0.0752. The van der Waals surface area contributed by atoms with E-state index in [0.29, 0.717) is 21.7 Å². The van der Waals surface area contributed by atoms with Gasteiger partial charge in [-0.1, -0.05) is 43.1 Å². The maximum atomic E-state index is 11.7. The molecule has 5 heteroatoms. The van der Waals surface area contributed by atoms with Gasteiger partial charge in [0.25, 0.3) is 0 Å². The lowest BCUT2D eigenvalue weighted by Crippen LogP contribution is -2.37. The quantitative estimate of drug-likeness (QED) is 0.842. The smallest absolute Gasteiger partial charge is 0.230 e. The molecule has 1 atom stereocenters. The molecular formula is C14H19Cl2NOS. The van der Waals surface area contributed by atoms with Crippen LogP contribution >= 0.6 is 35.0 Å². The van der Waals surface area contributed by atoms with Crippen LogP contribution in [0.3, 0.4) is 0 Å². The molecule has 0 fully saturated rings. The highest BCUT2D eigenvalue weighted by atomic mass is 35.5. The largest absolute Gasteiger partial charge is 0.353 e. The van der Waals surface area contributed by atoms with E-state index in [1.165, 1.54) is 0 Å². The number of hydrogen-bond acceptors (Lipinski definition) is 2. The van der Waals surface area contributed by atoms with Crippen molar-refractivity contribution in [2.45, 2.75) is 32.6 Å². The molecule has 106 valence electrons. The Labute approximate surface area is 129 Å². The van der Waals surface area contributed by atoms with Crippen LogP contribution in [0.4, 0.5) is 0 Å². The van der Waals surface area contributed by atoms with E-state index in [2.05, 4.69) is 19.2 Å². The molecule has 1 rings (SSSR count). The fourth-order valence-electron chi connectivity index (χ4n) is 1.35. The van der Waals surface area contributed by atoms with E-state index >= 15 is 0 Å². The van der Waals surface area contributed by atoms with Gasteiger partial charge in [0.15, 0.2) is 0 Å². The lowest BCUT2D eigenvalue weighted by atomic mass is 10.1. The highest BCUT2D eigenvalue weighted by molar-refractivity contribution is 7.99. The van der Waals surface area contributed by atoms with Crippen molar-refractivity contribution in [3.05, 3.63) is 33.8 Å². The molecule has 1 aromatic carbocycles. The van der Waals surface area contributed by atoms with E-state index in [-0.39, 0.29) is 11.9 Å². The van der Waals surface area contributed by atoms with Gasteiger partial charge in [-0.15, -0.1) is 11.8 Å². The number of hydrogen-bond donors (Lipinski definition) is 1. The zero-order chi connectivity index (χ0) is 14.4. The third kappa shape index (κ3) is 6.07. The fraction of sp³-hybridized carbons (Fsp3) is 0.500. The molecule has 0 heterocycles. The first kappa shape index (κ1) is 16.7. The zero-order valence-electron chi connectivity index (χ0n) is 11.4. The van der Waals surface area contributed by atoms with Crippen LogP contribution in [0.2, 0.25) is 10.0 Å². The molecule has 2 nitrogen and oxygen atoms in total. The standard InChI is InChI=1S/C14H19Cl2NOS/c1-9(2)10(3)17-14(18)8-19-7-11-4-5-12(15)13(16)6-11/h4-6,9-10H,7-8H2,1-3H3,(H,17,18)/t10-/m1/s1. The Bertz CT molecular complexity index is 437. The summed E-state index contributed by atoms with van der Waals surface area (Å²) in [7, 11) is 0. The topological polar surface area (TPSA) is 29.1 Å². The first-order valence-corrected chi connectivity index (χ1v) is 8.12. The summed E-state index contributed by atoms with van der Waals surface area (Å²) >= 11 is 13.4. The normalized spacial score (nSPS) is 12.5. The molecule has 0 aromatic heterocycles. The Morgan fingerprint density at radius 1 is 1.26 bits per heavy atom. The number of rotatable bonds is 6. The van der Waals surface area contributed by atoms with Crippen LogP contribution in [-0.4, -0.2) is 17.7 Å². The average molecular weight is 320 g/mol. The summed E-state index contributed by atoms with van der Waals surface area (Å²) < 4.78 is 0. The van der Waals surface area contributed by atoms with E-state index in [1.807, 2.05) is 19.1 Å². The number of benzene rings is 1. The Balaban J connectivity index is 2.33. The van der Waals surface area contributed by atoms with E-state index in [9.17, 15) is 4.79 Å². The zero-order valence-corrected chi connectivity index (χ0v) is 13.7. The van der Waals surface area contributed by atoms with Gasteiger partial charge in [-0.25, -0.2) is 0 Å². The molecule has 0 saturated heterocycles. The molecule has 0 aliphatic carbocycles. The molecule has 0 aliphatic rings. The number of thioether (sulfide) groups is 1. The third-order valence-corrected chi connectivity index (χ3v) is 4.62. The van der Waals surface area contributed by atoms with Crippen molar-refractivity contribution in [1.29, 1.82) is 0 Å². The van der Waals surface area contributed by atoms with Crippen LogP contribution in [-0.2, 0) is 10.5 Å². The number of carbonyl (C=O) groups excluding carboxylic acids is 1. The monoisotopic (exact) mass is 319 g/mol. The summed E-state index contributed by atoms with van der Waals surface area (Å²) in [6, 6.07) is 5.75. The highest BCUT2D eigenvalue weighted by Gasteiger charge is 2.10. The van der Waals surface area contributed by atoms with Crippen LogP contribution in [0.15, 0.2) is 18.2 Å². The summed E-state index contributed by atoms with van der Waals surface area (Å²) in [6.45, 7) is 6.20. The molecular weight excluding hydrogens is 301 g/mol. The predicted octanol–water partition coefficient (Wildman–Crippen LogP) is 4.39. The SMILES string of the molecule is CC(C)[C@@H](C)NC(=O)CSCc1ccc(Cl)c(Cl)c1. The second-order valence-corrected chi connectivity index (χ2v) is 6.64. The molecule has 1 aromatic rings. The van der Waals surface area contributed by atoms with E-state index in [1.54, 1.807) is 17.8 Å². The maximum absolute atomic E-state index is 11.7.